The molecule has 2 rings (SSSR count). The quantitative estimate of drug-likeness (QED) is 0.586. The molecule has 0 unspecified atom stereocenters. The number of rotatable bonds is 2. The summed E-state index contributed by atoms with van der Waals surface area (Å²) in [7, 11) is 0. The predicted molar refractivity (Wildman–Crippen MR) is 66.9 cm³/mol. The maximum atomic E-state index is 11.6. The predicted octanol–water partition coefficient (Wildman–Crippen LogP) is 2.70. The van der Waals surface area contributed by atoms with Gasteiger partial charge in [0.05, 0.1) is 5.56 Å². The lowest BCUT2D eigenvalue weighted by Gasteiger charge is -1.99. The Balaban J connectivity index is 2.60. The summed E-state index contributed by atoms with van der Waals surface area (Å²) < 4.78 is 5.19. The zero-order chi connectivity index (χ0) is 12.4. The van der Waals surface area contributed by atoms with Gasteiger partial charge in [0, 0.05) is 5.39 Å². The van der Waals surface area contributed by atoms with E-state index in [1.54, 1.807) is 6.07 Å². The van der Waals surface area contributed by atoms with Crippen LogP contribution in [0.2, 0.25) is 0 Å². The van der Waals surface area contributed by atoms with Gasteiger partial charge < -0.3 is 4.42 Å². The fourth-order valence-electron chi connectivity index (χ4n) is 1.56. The molecule has 3 heteroatoms. The minimum atomic E-state index is -0.430. The van der Waals surface area contributed by atoms with Gasteiger partial charge in [-0.3, -0.25) is 4.79 Å². The van der Waals surface area contributed by atoms with Crippen LogP contribution in [0.1, 0.15) is 18.1 Å². The number of hydrogen-bond acceptors (Lipinski definition) is 3. The van der Waals surface area contributed by atoms with Crippen LogP contribution in [0.25, 0.3) is 17.0 Å². The van der Waals surface area contributed by atoms with Crippen LogP contribution >= 0.6 is 0 Å². The molecular weight excluding hydrogens is 216 g/mol. The number of carbonyl (C=O) groups excluding carboxylic acids is 1. The number of carbonyl (C=O) groups is 1. The molecule has 1 heterocycles. The zero-order valence-electron chi connectivity index (χ0n) is 9.69. The Bertz CT molecular complexity index is 663. The number of fused-ring (bicyclic) bond motifs is 1. The van der Waals surface area contributed by atoms with E-state index in [1.165, 1.54) is 19.1 Å². The van der Waals surface area contributed by atoms with Crippen molar-refractivity contribution in [2.75, 3.05) is 0 Å². The molecule has 3 nitrogen and oxygen atoms in total. The van der Waals surface area contributed by atoms with Crippen molar-refractivity contribution in [1.29, 1.82) is 0 Å². The van der Waals surface area contributed by atoms with Gasteiger partial charge in [0.1, 0.15) is 5.58 Å². The van der Waals surface area contributed by atoms with Crippen LogP contribution in [-0.2, 0) is 4.79 Å². The second-order valence-electron chi connectivity index (χ2n) is 3.97. The molecule has 17 heavy (non-hydrogen) atoms. The molecule has 0 fully saturated rings. The van der Waals surface area contributed by atoms with Gasteiger partial charge in [0.15, 0.2) is 5.78 Å². The first-order valence-corrected chi connectivity index (χ1v) is 5.29. The highest BCUT2D eigenvalue weighted by Crippen LogP contribution is 2.15. The third kappa shape index (κ3) is 2.50. The average molecular weight is 228 g/mol. The van der Waals surface area contributed by atoms with Crippen LogP contribution in [0.15, 0.2) is 39.6 Å². The fourth-order valence-corrected chi connectivity index (χ4v) is 1.56. The number of benzene rings is 1. The van der Waals surface area contributed by atoms with Gasteiger partial charge in [-0.05, 0) is 43.7 Å². The topological polar surface area (TPSA) is 47.3 Å². The van der Waals surface area contributed by atoms with E-state index >= 15 is 0 Å². The molecule has 0 amide bonds. The summed E-state index contributed by atoms with van der Waals surface area (Å²) >= 11 is 0. The number of allylic oxidation sites excluding steroid dienone is 1. The van der Waals surface area contributed by atoms with Gasteiger partial charge in [0.2, 0.25) is 0 Å². The highest BCUT2D eigenvalue weighted by molar-refractivity contribution is 5.92. The van der Waals surface area contributed by atoms with Crippen molar-refractivity contribution >= 4 is 22.8 Å². The molecule has 1 aromatic carbocycles. The molecule has 0 atom stereocenters. The minimum Gasteiger partial charge on any atom is -0.422 e. The SMILES string of the molecule is CC(=O)/C=C/c1cc2ccc(C)cc2oc1=O. The van der Waals surface area contributed by atoms with Crippen molar-refractivity contribution in [1.82, 2.24) is 0 Å². The number of ketones is 1. The Hall–Kier alpha value is -2.16. The molecule has 0 N–H and O–H groups in total. The number of aryl methyl sites for hydroxylation is 1. The molecule has 0 saturated heterocycles. The van der Waals surface area contributed by atoms with E-state index in [0.717, 1.165) is 10.9 Å². The molecule has 86 valence electrons. The third-order valence-corrected chi connectivity index (χ3v) is 2.42. The molecule has 0 saturated carbocycles. The van der Waals surface area contributed by atoms with Crippen LogP contribution in [0.5, 0.6) is 0 Å². The number of hydrogen-bond donors (Lipinski definition) is 0. The summed E-state index contributed by atoms with van der Waals surface area (Å²) in [5, 5.41) is 0.846. The summed E-state index contributed by atoms with van der Waals surface area (Å²) in [4.78, 5) is 22.4. The monoisotopic (exact) mass is 228 g/mol. The molecule has 1 aromatic heterocycles. The third-order valence-electron chi connectivity index (χ3n) is 2.42. The largest absolute Gasteiger partial charge is 0.422 e. The van der Waals surface area contributed by atoms with Crippen LogP contribution in [0.3, 0.4) is 0 Å². The van der Waals surface area contributed by atoms with E-state index in [2.05, 4.69) is 0 Å². The highest BCUT2D eigenvalue weighted by atomic mass is 16.4. The zero-order valence-corrected chi connectivity index (χ0v) is 9.69. The first-order valence-electron chi connectivity index (χ1n) is 5.29. The molecule has 0 spiro atoms. The minimum absolute atomic E-state index is 0.103. The summed E-state index contributed by atoms with van der Waals surface area (Å²) in [5.41, 5.74) is 1.56. The molecular formula is C14H12O3. The lowest BCUT2D eigenvalue weighted by atomic mass is 10.1. The Labute approximate surface area is 98.4 Å². The first kappa shape index (κ1) is 11.3. The van der Waals surface area contributed by atoms with E-state index in [1.807, 2.05) is 25.1 Å². The van der Waals surface area contributed by atoms with Crippen molar-refractivity contribution in [3.8, 4) is 0 Å². The Morgan fingerprint density at radius 3 is 2.76 bits per heavy atom. The van der Waals surface area contributed by atoms with Crippen molar-refractivity contribution in [2.24, 2.45) is 0 Å². The van der Waals surface area contributed by atoms with Gasteiger partial charge in [-0.2, -0.15) is 0 Å². The van der Waals surface area contributed by atoms with Gasteiger partial charge in [-0.1, -0.05) is 12.1 Å². The maximum absolute atomic E-state index is 11.6. The second-order valence-corrected chi connectivity index (χ2v) is 3.97. The van der Waals surface area contributed by atoms with Crippen LogP contribution in [0.4, 0.5) is 0 Å². The van der Waals surface area contributed by atoms with Crippen molar-refractivity contribution in [3.63, 3.8) is 0 Å². The van der Waals surface area contributed by atoms with E-state index < -0.39 is 5.63 Å². The fraction of sp³-hybridized carbons (Fsp3) is 0.143. The van der Waals surface area contributed by atoms with Crippen molar-refractivity contribution in [3.05, 3.63) is 51.9 Å². The summed E-state index contributed by atoms with van der Waals surface area (Å²) in [6.07, 6.45) is 2.83. The van der Waals surface area contributed by atoms with E-state index in [0.29, 0.717) is 11.1 Å². The van der Waals surface area contributed by atoms with Crippen LogP contribution in [-0.4, -0.2) is 5.78 Å². The summed E-state index contributed by atoms with van der Waals surface area (Å²) in [6.45, 7) is 3.37. The lowest BCUT2D eigenvalue weighted by Crippen LogP contribution is -2.02. The molecule has 2 aromatic rings. The normalized spacial score (nSPS) is 11.2. The van der Waals surface area contributed by atoms with Gasteiger partial charge in [-0.25, -0.2) is 4.79 Å². The van der Waals surface area contributed by atoms with Crippen LogP contribution < -0.4 is 5.63 Å². The Morgan fingerprint density at radius 1 is 1.29 bits per heavy atom. The average Bonchev–Trinajstić information content (AvgIpc) is 2.26. The van der Waals surface area contributed by atoms with E-state index in [9.17, 15) is 9.59 Å². The summed E-state index contributed by atoms with van der Waals surface area (Å²) in [5.74, 6) is -0.103. The first-order chi connectivity index (χ1) is 8.06. The maximum Gasteiger partial charge on any atom is 0.343 e. The lowest BCUT2D eigenvalue weighted by molar-refractivity contribution is -0.112. The van der Waals surface area contributed by atoms with Gasteiger partial charge in [0.25, 0.3) is 0 Å². The van der Waals surface area contributed by atoms with Gasteiger partial charge in [-0.15, -0.1) is 0 Å². The van der Waals surface area contributed by atoms with Crippen molar-refractivity contribution in [2.45, 2.75) is 13.8 Å². The Kier molecular flexibility index (Phi) is 2.91. The van der Waals surface area contributed by atoms with Crippen molar-refractivity contribution < 1.29 is 9.21 Å². The molecule has 0 aliphatic heterocycles. The molecule has 0 aliphatic carbocycles. The van der Waals surface area contributed by atoms with E-state index in [-0.39, 0.29) is 5.78 Å². The van der Waals surface area contributed by atoms with Gasteiger partial charge >= 0.3 is 5.63 Å². The second kappa shape index (κ2) is 4.37. The smallest absolute Gasteiger partial charge is 0.343 e. The standard InChI is InChI=1S/C14H12O3/c1-9-3-5-11-8-12(6-4-10(2)15)14(16)17-13(11)7-9/h3-8H,1-2H3/b6-4+. The Morgan fingerprint density at radius 2 is 2.06 bits per heavy atom. The van der Waals surface area contributed by atoms with E-state index in [4.69, 9.17) is 4.42 Å². The van der Waals surface area contributed by atoms with Crippen LogP contribution in [0, 0.1) is 6.92 Å². The molecule has 0 bridgehead atoms. The summed E-state index contributed by atoms with van der Waals surface area (Å²) in [6, 6.07) is 7.37. The highest BCUT2D eigenvalue weighted by Gasteiger charge is 2.02. The molecule has 0 aliphatic rings. The molecule has 0 radical (unpaired) electrons.